The molecule has 1 fully saturated rings. The zero-order valence-corrected chi connectivity index (χ0v) is 14.2. The monoisotopic (exact) mass is 326 g/mol. The van der Waals surface area contributed by atoms with E-state index in [9.17, 15) is 8.42 Å². The predicted octanol–water partition coefficient (Wildman–Crippen LogP) is 2.10. The summed E-state index contributed by atoms with van der Waals surface area (Å²) >= 11 is 0. The number of nitrogens with one attached hydrogen (secondary N) is 1. The van der Waals surface area contributed by atoms with Crippen LogP contribution in [0.1, 0.15) is 26.2 Å². The third kappa shape index (κ3) is 4.21. The topological polar surface area (TPSA) is 58.6 Å². The van der Waals surface area contributed by atoms with E-state index in [1.54, 1.807) is 28.6 Å². The van der Waals surface area contributed by atoms with Crippen LogP contribution in [-0.2, 0) is 10.0 Å². The Morgan fingerprint density at radius 1 is 1.32 bits per heavy atom. The fourth-order valence-electron chi connectivity index (χ4n) is 2.78. The van der Waals surface area contributed by atoms with Crippen molar-refractivity contribution < 1.29 is 13.2 Å². The van der Waals surface area contributed by atoms with Crippen molar-refractivity contribution >= 4 is 10.0 Å². The summed E-state index contributed by atoms with van der Waals surface area (Å²) in [5.74, 6) is 1.10. The van der Waals surface area contributed by atoms with E-state index in [0.29, 0.717) is 36.3 Å². The van der Waals surface area contributed by atoms with E-state index in [4.69, 9.17) is 4.74 Å². The first-order valence-electron chi connectivity index (χ1n) is 7.95. The number of hydrogen-bond acceptors (Lipinski definition) is 4. The highest BCUT2D eigenvalue weighted by Crippen LogP contribution is 2.24. The maximum Gasteiger partial charge on any atom is 0.243 e. The first-order chi connectivity index (χ1) is 10.6. The molecule has 1 aliphatic heterocycles. The van der Waals surface area contributed by atoms with Crippen LogP contribution in [0.15, 0.2) is 29.2 Å². The van der Waals surface area contributed by atoms with E-state index >= 15 is 0 Å². The Morgan fingerprint density at radius 2 is 2.05 bits per heavy atom. The fraction of sp³-hybridized carbons (Fsp3) is 0.625. The quantitative estimate of drug-likeness (QED) is 0.833. The van der Waals surface area contributed by atoms with Gasteiger partial charge in [-0.25, -0.2) is 8.42 Å². The number of ether oxygens (including phenoxy) is 1. The Morgan fingerprint density at radius 3 is 2.68 bits per heavy atom. The van der Waals surface area contributed by atoms with Crippen molar-refractivity contribution in [3.63, 3.8) is 0 Å². The summed E-state index contributed by atoms with van der Waals surface area (Å²) in [7, 11) is -1.50. The Labute approximate surface area is 133 Å². The second-order valence-electron chi connectivity index (χ2n) is 5.75. The average Bonchev–Trinajstić information content (AvgIpc) is 2.54. The van der Waals surface area contributed by atoms with E-state index in [-0.39, 0.29) is 0 Å². The maximum absolute atomic E-state index is 12.7. The molecule has 1 aromatic rings. The van der Waals surface area contributed by atoms with Crippen LogP contribution in [0.3, 0.4) is 0 Å². The second kappa shape index (κ2) is 7.94. The van der Waals surface area contributed by atoms with Crippen molar-refractivity contribution in [2.24, 2.45) is 5.92 Å². The predicted molar refractivity (Wildman–Crippen MR) is 87.6 cm³/mol. The molecule has 6 heteroatoms. The van der Waals surface area contributed by atoms with Crippen molar-refractivity contribution in [1.82, 2.24) is 9.62 Å². The van der Waals surface area contributed by atoms with Crippen LogP contribution in [0.2, 0.25) is 0 Å². The van der Waals surface area contributed by atoms with Gasteiger partial charge in [0, 0.05) is 13.1 Å². The molecule has 0 saturated carbocycles. The fourth-order valence-corrected chi connectivity index (χ4v) is 4.33. The third-order valence-electron chi connectivity index (χ3n) is 3.91. The van der Waals surface area contributed by atoms with Gasteiger partial charge in [0.05, 0.1) is 11.5 Å². The molecule has 124 valence electrons. The lowest BCUT2D eigenvalue weighted by Crippen LogP contribution is -2.42. The number of piperidine rings is 1. The van der Waals surface area contributed by atoms with Gasteiger partial charge in [0.2, 0.25) is 10.0 Å². The van der Waals surface area contributed by atoms with Gasteiger partial charge >= 0.3 is 0 Å². The van der Waals surface area contributed by atoms with Gasteiger partial charge in [-0.15, -0.1) is 0 Å². The molecule has 1 heterocycles. The van der Waals surface area contributed by atoms with Gasteiger partial charge < -0.3 is 10.1 Å². The molecule has 2 rings (SSSR count). The molecule has 0 bridgehead atoms. The molecule has 1 unspecified atom stereocenters. The molecule has 1 saturated heterocycles. The third-order valence-corrected chi connectivity index (χ3v) is 5.79. The Bertz CT molecular complexity index is 555. The lowest BCUT2D eigenvalue weighted by molar-refractivity contribution is 0.263. The number of benzene rings is 1. The first kappa shape index (κ1) is 17.2. The Hall–Kier alpha value is -1.11. The molecule has 0 aromatic heterocycles. The summed E-state index contributed by atoms with van der Waals surface area (Å²) < 4.78 is 32.6. The molecule has 1 aliphatic rings. The smallest absolute Gasteiger partial charge is 0.243 e. The van der Waals surface area contributed by atoms with Crippen molar-refractivity contribution in [3.8, 4) is 5.75 Å². The van der Waals surface area contributed by atoms with E-state index in [1.807, 2.05) is 14.0 Å². The molecule has 5 nitrogen and oxygen atoms in total. The van der Waals surface area contributed by atoms with Crippen molar-refractivity contribution in [2.45, 2.75) is 31.1 Å². The van der Waals surface area contributed by atoms with Gasteiger partial charge in [0.1, 0.15) is 5.75 Å². The number of rotatable bonds is 7. The average molecular weight is 326 g/mol. The van der Waals surface area contributed by atoms with Crippen LogP contribution in [0.4, 0.5) is 0 Å². The number of nitrogens with zero attached hydrogens (tertiary/aromatic N) is 1. The zero-order chi connectivity index (χ0) is 16.0. The molecule has 0 radical (unpaired) electrons. The molecule has 0 amide bonds. The lowest BCUT2D eigenvalue weighted by Gasteiger charge is -2.31. The summed E-state index contributed by atoms with van der Waals surface area (Å²) in [6.45, 7) is 4.74. The highest BCUT2D eigenvalue weighted by atomic mass is 32.2. The standard InChI is InChI=1S/C16H26N2O3S/c1-3-11-21-15-6-8-16(9-7-15)22(19,20)18-10-4-5-14(13-18)12-17-2/h6-9,14,17H,3-5,10-13H2,1-2H3. The molecule has 1 aromatic carbocycles. The minimum atomic E-state index is -3.40. The molecule has 0 aliphatic carbocycles. The van der Waals surface area contributed by atoms with E-state index in [1.165, 1.54) is 0 Å². The molecule has 1 atom stereocenters. The highest BCUT2D eigenvalue weighted by molar-refractivity contribution is 7.89. The van der Waals surface area contributed by atoms with Crippen molar-refractivity contribution in [3.05, 3.63) is 24.3 Å². The summed E-state index contributed by atoms with van der Waals surface area (Å²) in [5.41, 5.74) is 0. The molecule has 22 heavy (non-hydrogen) atoms. The van der Waals surface area contributed by atoms with Crippen LogP contribution < -0.4 is 10.1 Å². The Balaban J connectivity index is 2.08. The van der Waals surface area contributed by atoms with Gasteiger partial charge in [-0.2, -0.15) is 4.31 Å². The van der Waals surface area contributed by atoms with Crippen LogP contribution >= 0.6 is 0 Å². The van der Waals surface area contributed by atoms with Crippen LogP contribution in [0.25, 0.3) is 0 Å². The minimum Gasteiger partial charge on any atom is -0.494 e. The zero-order valence-electron chi connectivity index (χ0n) is 13.4. The normalized spacial score (nSPS) is 20.0. The largest absolute Gasteiger partial charge is 0.494 e. The summed E-state index contributed by atoms with van der Waals surface area (Å²) in [5, 5.41) is 3.14. The maximum atomic E-state index is 12.7. The highest BCUT2D eigenvalue weighted by Gasteiger charge is 2.29. The van der Waals surface area contributed by atoms with Gasteiger partial charge in [-0.3, -0.25) is 0 Å². The SMILES string of the molecule is CCCOc1ccc(S(=O)(=O)N2CCCC(CNC)C2)cc1. The Kier molecular flexibility index (Phi) is 6.23. The molecule has 1 N–H and O–H groups in total. The van der Waals surface area contributed by atoms with Crippen LogP contribution in [0.5, 0.6) is 5.75 Å². The molecular weight excluding hydrogens is 300 g/mol. The summed E-state index contributed by atoms with van der Waals surface area (Å²) in [4.78, 5) is 0.349. The minimum absolute atomic E-state index is 0.349. The van der Waals surface area contributed by atoms with Crippen LogP contribution in [-0.4, -0.2) is 46.0 Å². The lowest BCUT2D eigenvalue weighted by atomic mass is 10.00. The van der Waals surface area contributed by atoms with Gasteiger partial charge in [-0.1, -0.05) is 6.92 Å². The van der Waals surface area contributed by atoms with Crippen LogP contribution in [0, 0.1) is 5.92 Å². The van der Waals surface area contributed by atoms with Crippen molar-refractivity contribution in [2.75, 3.05) is 33.3 Å². The molecular formula is C16H26N2O3S. The van der Waals surface area contributed by atoms with E-state index in [0.717, 1.165) is 25.8 Å². The van der Waals surface area contributed by atoms with Gasteiger partial charge in [0.15, 0.2) is 0 Å². The number of hydrogen-bond donors (Lipinski definition) is 1. The first-order valence-corrected chi connectivity index (χ1v) is 9.39. The summed E-state index contributed by atoms with van der Waals surface area (Å²) in [6, 6.07) is 6.75. The van der Waals surface area contributed by atoms with Crippen molar-refractivity contribution in [1.29, 1.82) is 0 Å². The molecule has 0 spiro atoms. The summed E-state index contributed by atoms with van der Waals surface area (Å²) in [6.07, 6.45) is 2.93. The van der Waals surface area contributed by atoms with Gasteiger partial charge in [0.25, 0.3) is 0 Å². The van der Waals surface area contributed by atoms with E-state index in [2.05, 4.69) is 5.32 Å². The number of sulfonamides is 1. The van der Waals surface area contributed by atoms with E-state index < -0.39 is 10.0 Å². The second-order valence-corrected chi connectivity index (χ2v) is 7.69. The van der Waals surface area contributed by atoms with Gasteiger partial charge in [-0.05, 0) is 63.0 Å².